The lowest BCUT2D eigenvalue weighted by Gasteiger charge is -2.32. The summed E-state index contributed by atoms with van der Waals surface area (Å²) in [6, 6.07) is 14.5. The van der Waals surface area contributed by atoms with Crippen LogP contribution in [0.25, 0.3) is 0 Å². The van der Waals surface area contributed by atoms with E-state index in [1.165, 1.54) is 4.31 Å². The lowest BCUT2D eigenvalue weighted by atomic mass is 10.1. The zero-order valence-electron chi connectivity index (χ0n) is 23.7. The van der Waals surface area contributed by atoms with E-state index < -0.39 is 16.1 Å². The van der Waals surface area contributed by atoms with Gasteiger partial charge >= 0.3 is 0 Å². The smallest absolute Gasteiger partial charge is 0.243 e. The van der Waals surface area contributed by atoms with E-state index in [1.807, 2.05) is 45.0 Å². The first kappa shape index (κ1) is 30.5. The van der Waals surface area contributed by atoms with Gasteiger partial charge in [-0.15, -0.1) is 0 Å². The van der Waals surface area contributed by atoms with Crippen LogP contribution in [0.15, 0.2) is 48.5 Å². The Morgan fingerprint density at radius 1 is 1.08 bits per heavy atom. The number of ether oxygens (including phenoxy) is 1. The van der Waals surface area contributed by atoms with Gasteiger partial charge in [-0.2, -0.15) is 0 Å². The molecule has 2 amide bonds. The molecular weight excluding hydrogens is 514 g/mol. The fraction of sp³-hybridized carbons (Fsp3) is 0.533. The first-order chi connectivity index (χ1) is 18.6. The highest BCUT2D eigenvalue weighted by molar-refractivity contribution is 7.92. The van der Waals surface area contributed by atoms with E-state index >= 15 is 0 Å². The van der Waals surface area contributed by atoms with E-state index in [4.69, 9.17) is 4.74 Å². The fourth-order valence-corrected chi connectivity index (χ4v) is 6.19. The second-order valence-electron chi connectivity index (χ2n) is 10.3. The molecule has 0 aliphatic heterocycles. The van der Waals surface area contributed by atoms with E-state index in [0.717, 1.165) is 43.1 Å². The predicted octanol–water partition coefficient (Wildman–Crippen LogP) is 4.81. The van der Waals surface area contributed by atoms with Crippen molar-refractivity contribution in [1.29, 1.82) is 0 Å². The van der Waals surface area contributed by atoms with Crippen LogP contribution in [0.2, 0.25) is 0 Å². The standard InChI is InChI=1S/C30H43N3O5S/c1-5-26(30(35)31-25-15-7-8-16-25)32(22-24-14-11-13-23(3)21-24)29(34)19-12-20-33(39(4,36)37)27-17-9-10-18-28(27)38-6-2/h9-11,13-14,17-18,21,25-26H,5-8,12,15-16,19-20,22H2,1-4H3,(H,31,35). The summed E-state index contributed by atoms with van der Waals surface area (Å²) in [6.45, 7) is 6.61. The van der Waals surface area contributed by atoms with Crippen molar-refractivity contribution < 1.29 is 22.7 Å². The Morgan fingerprint density at radius 3 is 2.44 bits per heavy atom. The molecule has 214 valence electrons. The highest BCUT2D eigenvalue weighted by Crippen LogP contribution is 2.30. The van der Waals surface area contributed by atoms with Gasteiger partial charge in [-0.05, 0) is 57.2 Å². The molecule has 1 unspecified atom stereocenters. The van der Waals surface area contributed by atoms with E-state index in [9.17, 15) is 18.0 Å². The molecule has 0 spiro atoms. The molecule has 3 rings (SSSR count). The number of carbonyl (C=O) groups excluding carboxylic acids is 2. The summed E-state index contributed by atoms with van der Waals surface area (Å²) < 4.78 is 32.4. The zero-order valence-corrected chi connectivity index (χ0v) is 24.5. The van der Waals surface area contributed by atoms with Gasteiger partial charge in [-0.25, -0.2) is 8.42 Å². The number of amides is 2. The number of nitrogens with zero attached hydrogens (tertiary/aromatic N) is 2. The maximum Gasteiger partial charge on any atom is 0.243 e. The predicted molar refractivity (Wildman–Crippen MR) is 155 cm³/mol. The number of hydrogen-bond acceptors (Lipinski definition) is 5. The summed E-state index contributed by atoms with van der Waals surface area (Å²) >= 11 is 0. The number of hydrogen-bond donors (Lipinski definition) is 1. The number of carbonyl (C=O) groups is 2. The molecule has 1 atom stereocenters. The normalized spacial score (nSPS) is 14.6. The number of para-hydroxylation sites is 2. The van der Waals surface area contributed by atoms with Crippen LogP contribution in [-0.2, 0) is 26.2 Å². The molecule has 0 radical (unpaired) electrons. The van der Waals surface area contributed by atoms with Crippen molar-refractivity contribution >= 4 is 27.5 Å². The van der Waals surface area contributed by atoms with Gasteiger partial charge in [0.05, 0.1) is 18.6 Å². The lowest BCUT2D eigenvalue weighted by Crippen LogP contribution is -2.51. The van der Waals surface area contributed by atoms with Gasteiger partial charge in [0.2, 0.25) is 21.8 Å². The van der Waals surface area contributed by atoms with Gasteiger partial charge in [-0.3, -0.25) is 13.9 Å². The Bertz CT molecular complexity index is 1210. The number of sulfonamides is 1. The van der Waals surface area contributed by atoms with Crippen LogP contribution in [0, 0.1) is 6.92 Å². The topological polar surface area (TPSA) is 96.0 Å². The van der Waals surface area contributed by atoms with Crippen LogP contribution in [0.5, 0.6) is 5.75 Å². The third-order valence-corrected chi connectivity index (χ3v) is 8.29. The largest absolute Gasteiger partial charge is 0.492 e. The first-order valence-corrected chi connectivity index (χ1v) is 15.8. The minimum atomic E-state index is -3.61. The van der Waals surface area contributed by atoms with Crippen LogP contribution >= 0.6 is 0 Å². The van der Waals surface area contributed by atoms with Crippen LogP contribution in [0.3, 0.4) is 0 Å². The van der Waals surface area contributed by atoms with Gasteiger partial charge in [0.25, 0.3) is 0 Å². The van der Waals surface area contributed by atoms with Crippen molar-refractivity contribution in [3.63, 3.8) is 0 Å². The van der Waals surface area contributed by atoms with Gasteiger partial charge in [0.1, 0.15) is 11.8 Å². The van der Waals surface area contributed by atoms with E-state index in [2.05, 4.69) is 5.32 Å². The summed E-state index contributed by atoms with van der Waals surface area (Å²) in [5.41, 5.74) is 2.49. The molecule has 9 heteroatoms. The molecule has 0 bridgehead atoms. The number of nitrogens with one attached hydrogen (secondary N) is 1. The molecule has 39 heavy (non-hydrogen) atoms. The van der Waals surface area contributed by atoms with Crippen molar-refractivity contribution in [2.75, 3.05) is 23.7 Å². The summed E-state index contributed by atoms with van der Waals surface area (Å²) in [6.07, 6.45) is 6.22. The van der Waals surface area contributed by atoms with Crippen molar-refractivity contribution in [3.05, 3.63) is 59.7 Å². The molecule has 0 heterocycles. The number of benzene rings is 2. The van der Waals surface area contributed by atoms with Crippen molar-refractivity contribution in [1.82, 2.24) is 10.2 Å². The molecule has 1 N–H and O–H groups in total. The van der Waals surface area contributed by atoms with Gasteiger partial charge in [0, 0.05) is 25.6 Å². The average molecular weight is 558 g/mol. The van der Waals surface area contributed by atoms with Gasteiger partial charge in [-0.1, -0.05) is 61.7 Å². The molecule has 1 fully saturated rings. The van der Waals surface area contributed by atoms with Crippen molar-refractivity contribution in [2.45, 2.75) is 84.3 Å². The molecule has 2 aromatic rings. The summed E-state index contributed by atoms with van der Waals surface area (Å²) in [7, 11) is -3.61. The van der Waals surface area contributed by atoms with Crippen LogP contribution in [0.1, 0.15) is 69.9 Å². The SMILES string of the molecule is CCOc1ccccc1N(CCCC(=O)N(Cc1cccc(C)c1)C(CC)C(=O)NC1CCCC1)S(C)(=O)=O. The van der Waals surface area contributed by atoms with Crippen molar-refractivity contribution in [2.24, 2.45) is 0 Å². The van der Waals surface area contributed by atoms with Gasteiger partial charge in [0.15, 0.2) is 0 Å². The molecule has 1 aliphatic carbocycles. The maximum absolute atomic E-state index is 13.7. The molecule has 0 saturated heterocycles. The van der Waals surface area contributed by atoms with Crippen LogP contribution in [0.4, 0.5) is 5.69 Å². The Labute approximate surface area is 233 Å². The Kier molecular flexibility index (Phi) is 11.2. The number of anilines is 1. The molecule has 1 saturated carbocycles. The van der Waals surface area contributed by atoms with Crippen LogP contribution in [-0.4, -0.2) is 56.6 Å². The van der Waals surface area contributed by atoms with E-state index in [-0.39, 0.29) is 30.8 Å². The van der Waals surface area contributed by atoms with E-state index in [1.54, 1.807) is 29.2 Å². The zero-order chi connectivity index (χ0) is 28.4. The van der Waals surface area contributed by atoms with Crippen LogP contribution < -0.4 is 14.4 Å². The third kappa shape index (κ3) is 8.71. The maximum atomic E-state index is 13.7. The highest BCUT2D eigenvalue weighted by Gasteiger charge is 2.31. The summed E-state index contributed by atoms with van der Waals surface area (Å²) in [5.74, 6) is 0.192. The second kappa shape index (κ2) is 14.4. The monoisotopic (exact) mass is 557 g/mol. The minimum Gasteiger partial charge on any atom is -0.492 e. The lowest BCUT2D eigenvalue weighted by molar-refractivity contribution is -0.141. The highest BCUT2D eigenvalue weighted by atomic mass is 32.2. The summed E-state index contributed by atoms with van der Waals surface area (Å²) in [5, 5.41) is 3.16. The van der Waals surface area contributed by atoms with Gasteiger partial charge < -0.3 is 15.0 Å². The molecular formula is C30H43N3O5S. The molecule has 8 nitrogen and oxygen atoms in total. The summed E-state index contributed by atoms with van der Waals surface area (Å²) in [4.78, 5) is 28.7. The average Bonchev–Trinajstić information content (AvgIpc) is 3.39. The fourth-order valence-electron chi connectivity index (χ4n) is 5.22. The van der Waals surface area contributed by atoms with Crippen molar-refractivity contribution in [3.8, 4) is 5.75 Å². The quantitative estimate of drug-likeness (QED) is 0.360. The first-order valence-electron chi connectivity index (χ1n) is 14.0. The second-order valence-corrected chi connectivity index (χ2v) is 12.2. The Morgan fingerprint density at radius 2 is 1.79 bits per heavy atom. The molecule has 2 aromatic carbocycles. The Hall–Kier alpha value is -3.07. The molecule has 0 aromatic heterocycles. The van der Waals surface area contributed by atoms with E-state index in [0.29, 0.717) is 37.4 Å². The number of rotatable bonds is 14. The minimum absolute atomic E-state index is 0.113. The Balaban J connectivity index is 1.78. The number of aryl methyl sites for hydroxylation is 1. The molecule has 1 aliphatic rings. The third-order valence-electron chi connectivity index (χ3n) is 7.11.